The minimum atomic E-state index is -0.588. The zero-order chi connectivity index (χ0) is 9.97. The maximum Gasteiger partial charge on any atom is 0.130 e. The molecule has 2 nitrogen and oxygen atoms in total. The summed E-state index contributed by atoms with van der Waals surface area (Å²) in [6.07, 6.45) is 1.11. The van der Waals surface area contributed by atoms with Crippen molar-refractivity contribution in [1.82, 2.24) is 4.98 Å². The molecule has 3 heteroatoms. The first kappa shape index (κ1) is 9.37. The van der Waals surface area contributed by atoms with Crippen LogP contribution in [0.25, 0.3) is 0 Å². The van der Waals surface area contributed by atoms with Gasteiger partial charge in [0.25, 0.3) is 0 Å². The van der Waals surface area contributed by atoms with E-state index in [9.17, 15) is 5.11 Å². The van der Waals surface area contributed by atoms with Gasteiger partial charge in [0.2, 0.25) is 0 Å². The Labute approximate surface area is 86.9 Å². The van der Waals surface area contributed by atoms with Crippen molar-refractivity contribution in [3.63, 3.8) is 0 Å². The molecular formula is C11H11NOS. The number of pyridine rings is 1. The third-order valence-corrected chi connectivity index (χ3v) is 3.05. The molecule has 0 aliphatic heterocycles. The van der Waals surface area contributed by atoms with Gasteiger partial charge in [-0.25, -0.2) is 0 Å². The summed E-state index contributed by atoms with van der Waals surface area (Å²) in [5.41, 5.74) is 0.703. The van der Waals surface area contributed by atoms with Crippen LogP contribution in [-0.2, 0) is 0 Å². The Morgan fingerprint density at radius 1 is 1.29 bits per heavy atom. The quantitative estimate of drug-likeness (QED) is 0.817. The van der Waals surface area contributed by atoms with Gasteiger partial charge in [-0.05, 0) is 31.2 Å². The molecule has 0 spiro atoms. The van der Waals surface area contributed by atoms with Gasteiger partial charge >= 0.3 is 0 Å². The number of aryl methyl sites for hydroxylation is 1. The summed E-state index contributed by atoms with van der Waals surface area (Å²) < 4.78 is 0. The van der Waals surface area contributed by atoms with E-state index in [1.165, 1.54) is 4.88 Å². The van der Waals surface area contributed by atoms with Crippen molar-refractivity contribution in [2.45, 2.75) is 13.0 Å². The largest absolute Gasteiger partial charge is 0.381 e. The Balaban J connectivity index is 2.29. The van der Waals surface area contributed by atoms with E-state index in [1.54, 1.807) is 17.5 Å². The van der Waals surface area contributed by atoms with Gasteiger partial charge in [-0.3, -0.25) is 4.98 Å². The van der Waals surface area contributed by atoms with Crippen molar-refractivity contribution in [3.05, 3.63) is 52.0 Å². The molecule has 2 aromatic heterocycles. The van der Waals surface area contributed by atoms with Crippen molar-refractivity contribution >= 4 is 11.3 Å². The predicted octanol–water partition coefficient (Wildman–Crippen LogP) is 2.53. The number of hydrogen-bond acceptors (Lipinski definition) is 3. The Bertz CT molecular complexity index is 410. The van der Waals surface area contributed by atoms with Crippen LogP contribution in [0.2, 0.25) is 0 Å². The molecule has 0 unspecified atom stereocenters. The minimum Gasteiger partial charge on any atom is -0.381 e. The fourth-order valence-electron chi connectivity index (χ4n) is 1.28. The highest BCUT2D eigenvalue weighted by atomic mass is 32.1. The van der Waals surface area contributed by atoms with Crippen LogP contribution >= 0.6 is 11.3 Å². The summed E-state index contributed by atoms with van der Waals surface area (Å²) in [5, 5.41) is 9.95. The van der Waals surface area contributed by atoms with Crippen LogP contribution in [-0.4, -0.2) is 10.1 Å². The van der Waals surface area contributed by atoms with E-state index >= 15 is 0 Å². The molecule has 1 atom stereocenters. The molecule has 0 saturated heterocycles. The maximum absolute atomic E-state index is 9.95. The number of aliphatic hydroxyl groups excluding tert-OH is 1. The van der Waals surface area contributed by atoms with Crippen LogP contribution in [0, 0.1) is 6.92 Å². The standard InChI is InChI=1S/C11H11NOS/c1-8-5-6-10(14-8)11(13)9-4-2-3-7-12-9/h2-7,11,13H,1H3/t11-/m0/s1. The molecule has 1 N–H and O–H groups in total. The Kier molecular flexibility index (Phi) is 2.61. The number of rotatable bonds is 2. The lowest BCUT2D eigenvalue weighted by Gasteiger charge is -2.06. The summed E-state index contributed by atoms with van der Waals surface area (Å²) >= 11 is 1.60. The number of thiophene rings is 1. The fraction of sp³-hybridized carbons (Fsp3) is 0.182. The molecule has 0 radical (unpaired) electrons. The lowest BCUT2D eigenvalue weighted by atomic mass is 10.2. The SMILES string of the molecule is Cc1ccc([C@@H](O)c2ccccn2)s1. The van der Waals surface area contributed by atoms with E-state index in [4.69, 9.17) is 0 Å². The normalized spacial score (nSPS) is 12.7. The van der Waals surface area contributed by atoms with Gasteiger partial charge in [0.1, 0.15) is 6.10 Å². The van der Waals surface area contributed by atoms with Gasteiger partial charge in [-0.15, -0.1) is 11.3 Å². The van der Waals surface area contributed by atoms with Gasteiger partial charge in [-0.1, -0.05) is 6.07 Å². The van der Waals surface area contributed by atoms with Crippen molar-refractivity contribution in [1.29, 1.82) is 0 Å². The second-order valence-corrected chi connectivity index (χ2v) is 4.43. The van der Waals surface area contributed by atoms with Gasteiger partial charge in [-0.2, -0.15) is 0 Å². The average molecular weight is 205 g/mol. The third-order valence-electron chi connectivity index (χ3n) is 2.00. The highest BCUT2D eigenvalue weighted by Crippen LogP contribution is 2.26. The van der Waals surface area contributed by atoms with Crippen molar-refractivity contribution in [2.75, 3.05) is 0 Å². The monoisotopic (exact) mass is 205 g/mol. The van der Waals surface area contributed by atoms with Gasteiger partial charge in [0, 0.05) is 16.0 Å². The zero-order valence-corrected chi connectivity index (χ0v) is 8.66. The van der Waals surface area contributed by atoms with E-state index in [0.717, 1.165) is 4.88 Å². The van der Waals surface area contributed by atoms with Crippen LogP contribution in [0.5, 0.6) is 0 Å². The molecule has 0 bridgehead atoms. The van der Waals surface area contributed by atoms with Crippen molar-refractivity contribution in [2.24, 2.45) is 0 Å². The molecule has 0 amide bonds. The molecule has 14 heavy (non-hydrogen) atoms. The molecule has 72 valence electrons. The summed E-state index contributed by atoms with van der Waals surface area (Å²) in [4.78, 5) is 6.27. The van der Waals surface area contributed by atoms with Gasteiger partial charge in [0.05, 0.1) is 5.69 Å². The second-order valence-electron chi connectivity index (χ2n) is 3.11. The summed E-state index contributed by atoms with van der Waals surface area (Å²) in [5.74, 6) is 0. The molecule has 0 aromatic carbocycles. The van der Waals surface area contributed by atoms with Crippen LogP contribution in [0.1, 0.15) is 21.6 Å². The molecule has 2 rings (SSSR count). The fourth-order valence-corrected chi connectivity index (χ4v) is 2.16. The average Bonchev–Trinajstić information content (AvgIpc) is 2.65. The summed E-state index contributed by atoms with van der Waals surface area (Å²) in [6.45, 7) is 2.03. The predicted molar refractivity (Wildman–Crippen MR) is 57.4 cm³/mol. The van der Waals surface area contributed by atoms with Crippen LogP contribution < -0.4 is 0 Å². The lowest BCUT2D eigenvalue weighted by molar-refractivity contribution is 0.219. The first-order valence-electron chi connectivity index (χ1n) is 4.42. The van der Waals surface area contributed by atoms with E-state index in [-0.39, 0.29) is 0 Å². The van der Waals surface area contributed by atoms with E-state index in [1.807, 2.05) is 37.3 Å². The number of hydrogen-bond donors (Lipinski definition) is 1. The molecular weight excluding hydrogens is 194 g/mol. The first-order valence-corrected chi connectivity index (χ1v) is 5.24. The van der Waals surface area contributed by atoms with Crippen molar-refractivity contribution < 1.29 is 5.11 Å². The summed E-state index contributed by atoms with van der Waals surface area (Å²) in [7, 11) is 0. The van der Waals surface area contributed by atoms with E-state index in [2.05, 4.69) is 4.98 Å². The lowest BCUT2D eigenvalue weighted by Crippen LogP contribution is -1.98. The van der Waals surface area contributed by atoms with Crippen molar-refractivity contribution in [3.8, 4) is 0 Å². The molecule has 0 saturated carbocycles. The Hall–Kier alpha value is -1.19. The number of nitrogens with zero attached hydrogens (tertiary/aromatic N) is 1. The number of aromatic nitrogens is 1. The first-order chi connectivity index (χ1) is 6.77. The zero-order valence-electron chi connectivity index (χ0n) is 7.84. The Morgan fingerprint density at radius 3 is 2.71 bits per heavy atom. The third kappa shape index (κ3) is 1.84. The summed E-state index contributed by atoms with van der Waals surface area (Å²) in [6, 6.07) is 9.51. The van der Waals surface area contributed by atoms with Gasteiger partial charge < -0.3 is 5.11 Å². The molecule has 2 heterocycles. The molecule has 0 aliphatic carbocycles. The molecule has 0 fully saturated rings. The van der Waals surface area contributed by atoms with Gasteiger partial charge in [0.15, 0.2) is 0 Å². The Morgan fingerprint density at radius 2 is 2.14 bits per heavy atom. The highest BCUT2D eigenvalue weighted by Gasteiger charge is 2.12. The van der Waals surface area contributed by atoms with Crippen LogP contribution in [0.3, 0.4) is 0 Å². The molecule has 2 aromatic rings. The minimum absolute atomic E-state index is 0.588. The van der Waals surface area contributed by atoms with E-state index in [0.29, 0.717) is 5.69 Å². The van der Waals surface area contributed by atoms with E-state index < -0.39 is 6.10 Å². The number of aliphatic hydroxyl groups is 1. The molecule has 0 aliphatic rings. The smallest absolute Gasteiger partial charge is 0.130 e. The second kappa shape index (κ2) is 3.90. The maximum atomic E-state index is 9.95. The topological polar surface area (TPSA) is 33.1 Å². The van der Waals surface area contributed by atoms with Crippen LogP contribution in [0.15, 0.2) is 36.5 Å². The van der Waals surface area contributed by atoms with Crippen LogP contribution in [0.4, 0.5) is 0 Å². The highest BCUT2D eigenvalue weighted by molar-refractivity contribution is 7.12.